The number of esters is 2. The van der Waals surface area contributed by atoms with E-state index in [0.29, 0.717) is 17.1 Å². The number of benzene rings is 5. The maximum Gasteiger partial charge on any atom is 0.338 e. The summed E-state index contributed by atoms with van der Waals surface area (Å²) < 4.78 is 10.6. The molecule has 0 saturated heterocycles. The first-order valence-electron chi connectivity index (χ1n) is 15.8. The van der Waals surface area contributed by atoms with Crippen LogP contribution in [0.4, 0.5) is 17.1 Å². The lowest BCUT2D eigenvalue weighted by atomic mass is 10.0. The summed E-state index contributed by atoms with van der Waals surface area (Å²) >= 11 is 0. The highest BCUT2D eigenvalue weighted by Crippen LogP contribution is 2.38. The molecule has 0 atom stereocenters. The molecule has 0 N–H and O–H groups in total. The minimum absolute atomic E-state index is 0.359. The van der Waals surface area contributed by atoms with Crippen molar-refractivity contribution in [2.45, 2.75) is 40.0 Å². The van der Waals surface area contributed by atoms with Crippen LogP contribution in [0.2, 0.25) is 0 Å². The number of anilines is 3. The van der Waals surface area contributed by atoms with E-state index < -0.39 is 11.9 Å². The summed E-state index contributed by atoms with van der Waals surface area (Å²) in [4.78, 5) is 25.7. The van der Waals surface area contributed by atoms with Gasteiger partial charge >= 0.3 is 11.9 Å². The van der Waals surface area contributed by atoms with E-state index in [0.717, 1.165) is 64.7 Å². The molecule has 0 fully saturated rings. The molecule has 0 aliphatic heterocycles. The van der Waals surface area contributed by atoms with Crippen molar-refractivity contribution in [2.75, 3.05) is 4.90 Å². The molecule has 0 radical (unpaired) electrons. The number of hydrogen-bond acceptors (Lipinski definition) is 5. The highest BCUT2D eigenvalue weighted by Gasteiger charge is 2.15. The lowest BCUT2D eigenvalue weighted by Crippen LogP contribution is -2.10. The molecule has 0 unspecified atom stereocenters. The van der Waals surface area contributed by atoms with Crippen LogP contribution in [0.1, 0.15) is 37.8 Å². The SMILES string of the molecule is C=CC(=O)Oc1ccc(-c2ccc(N(c3ccc(-c4ccc(OC(=O)C(=C)C)cc4)cc3)c3ccc(C)c(CCCC)c3)cc2)cc1. The molecule has 0 heterocycles. The molecule has 0 aliphatic carbocycles. The lowest BCUT2D eigenvalue weighted by Gasteiger charge is -2.27. The van der Waals surface area contributed by atoms with Gasteiger partial charge in [-0.2, -0.15) is 0 Å². The van der Waals surface area contributed by atoms with E-state index in [1.807, 2.05) is 24.3 Å². The van der Waals surface area contributed by atoms with Gasteiger partial charge in [-0.3, -0.25) is 0 Å². The third kappa shape index (κ3) is 8.13. The zero-order valence-electron chi connectivity index (χ0n) is 27.2. The zero-order chi connectivity index (χ0) is 33.3. The van der Waals surface area contributed by atoms with E-state index in [2.05, 4.69) is 98.6 Å². The highest BCUT2D eigenvalue weighted by molar-refractivity contribution is 5.89. The largest absolute Gasteiger partial charge is 0.423 e. The van der Waals surface area contributed by atoms with Crippen LogP contribution < -0.4 is 14.4 Å². The van der Waals surface area contributed by atoms with Crippen LogP contribution in [0.25, 0.3) is 22.3 Å². The van der Waals surface area contributed by atoms with Crippen LogP contribution in [-0.2, 0) is 16.0 Å². The average Bonchev–Trinajstić information content (AvgIpc) is 3.09. The van der Waals surface area contributed by atoms with Gasteiger partial charge in [0.25, 0.3) is 0 Å². The third-order valence-electron chi connectivity index (χ3n) is 7.96. The molecule has 0 saturated carbocycles. The van der Waals surface area contributed by atoms with Crippen molar-refractivity contribution in [3.8, 4) is 33.8 Å². The Kier molecular flexibility index (Phi) is 10.5. The lowest BCUT2D eigenvalue weighted by molar-refractivity contribution is -0.130. The number of hydrogen-bond donors (Lipinski definition) is 0. The molecule has 5 aromatic carbocycles. The second-order valence-electron chi connectivity index (χ2n) is 11.5. The van der Waals surface area contributed by atoms with Gasteiger partial charge < -0.3 is 14.4 Å². The van der Waals surface area contributed by atoms with E-state index in [1.165, 1.54) is 11.1 Å². The Bertz CT molecular complexity index is 1870. The fraction of sp³-hybridized carbons (Fsp3) is 0.143. The summed E-state index contributed by atoms with van der Waals surface area (Å²) in [5.74, 6) is 0.0425. The van der Waals surface area contributed by atoms with Crippen molar-refractivity contribution in [3.63, 3.8) is 0 Å². The first kappa shape index (κ1) is 32.7. The number of unbranched alkanes of at least 4 members (excludes halogenated alkanes) is 1. The Morgan fingerprint density at radius 2 is 1.13 bits per heavy atom. The van der Waals surface area contributed by atoms with Gasteiger partial charge in [-0.25, -0.2) is 9.59 Å². The molecule has 47 heavy (non-hydrogen) atoms. The first-order chi connectivity index (χ1) is 22.7. The Hall–Kier alpha value is -5.68. The quantitative estimate of drug-likeness (QED) is 0.0788. The number of carbonyl (C=O) groups excluding carboxylic acids is 2. The Morgan fingerprint density at radius 3 is 1.57 bits per heavy atom. The molecule has 0 bridgehead atoms. The maximum atomic E-state index is 11.9. The second-order valence-corrected chi connectivity index (χ2v) is 11.5. The van der Waals surface area contributed by atoms with Gasteiger partial charge in [0.05, 0.1) is 0 Å². The molecule has 5 heteroatoms. The third-order valence-corrected chi connectivity index (χ3v) is 7.96. The number of aryl methyl sites for hydroxylation is 2. The van der Waals surface area contributed by atoms with Gasteiger partial charge in [-0.1, -0.05) is 81.1 Å². The minimum Gasteiger partial charge on any atom is -0.423 e. The van der Waals surface area contributed by atoms with Gasteiger partial charge in [0, 0.05) is 28.7 Å². The minimum atomic E-state index is -0.483. The van der Waals surface area contributed by atoms with E-state index in [4.69, 9.17) is 9.47 Å². The van der Waals surface area contributed by atoms with E-state index >= 15 is 0 Å². The fourth-order valence-corrected chi connectivity index (χ4v) is 5.27. The van der Waals surface area contributed by atoms with Crippen molar-refractivity contribution in [1.82, 2.24) is 0 Å². The van der Waals surface area contributed by atoms with Gasteiger partial charge in [0.2, 0.25) is 0 Å². The van der Waals surface area contributed by atoms with E-state index in [9.17, 15) is 9.59 Å². The van der Waals surface area contributed by atoms with Gasteiger partial charge in [0.15, 0.2) is 0 Å². The first-order valence-corrected chi connectivity index (χ1v) is 15.8. The second kappa shape index (κ2) is 15.1. The molecule has 0 aromatic heterocycles. The zero-order valence-corrected chi connectivity index (χ0v) is 27.2. The standard InChI is InChI=1S/C42H39NO4/c1-6-8-9-35-28-38(19-10-30(35)5)43(36-20-11-31(12-21-36)33-15-24-39(25-16-33)46-41(44)7-2)37-22-13-32(14-23-37)34-17-26-40(27-18-34)47-42(45)29(3)4/h7,10-28H,2-3,6,8-9H2,1,4-5H3. The summed E-state index contributed by atoms with van der Waals surface area (Å²) in [6.07, 6.45) is 4.48. The summed E-state index contributed by atoms with van der Waals surface area (Å²) in [7, 11) is 0. The average molecular weight is 622 g/mol. The highest BCUT2D eigenvalue weighted by atomic mass is 16.5. The van der Waals surface area contributed by atoms with Gasteiger partial charge in [-0.05, 0) is 121 Å². The van der Waals surface area contributed by atoms with Crippen molar-refractivity contribution >= 4 is 29.0 Å². The number of rotatable bonds is 12. The normalized spacial score (nSPS) is 10.6. The molecule has 5 nitrogen and oxygen atoms in total. The van der Waals surface area contributed by atoms with Gasteiger partial charge in [0.1, 0.15) is 11.5 Å². The van der Waals surface area contributed by atoms with Crippen LogP contribution in [0.5, 0.6) is 11.5 Å². The molecular formula is C42H39NO4. The summed E-state index contributed by atoms with van der Waals surface area (Å²) in [5, 5.41) is 0. The maximum absolute atomic E-state index is 11.9. The predicted molar refractivity (Wildman–Crippen MR) is 192 cm³/mol. The molecule has 5 aromatic rings. The number of nitrogens with zero attached hydrogens (tertiary/aromatic N) is 1. The Balaban J connectivity index is 1.45. The Labute approximate surface area is 277 Å². The van der Waals surface area contributed by atoms with Crippen LogP contribution in [0.15, 0.2) is 140 Å². The molecule has 5 rings (SSSR count). The van der Waals surface area contributed by atoms with Crippen LogP contribution in [-0.4, -0.2) is 11.9 Å². The molecule has 0 aliphatic rings. The summed E-state index contributed by atoms with van der Waals surface area (Å²) in [5.41, 5.74) is 10.3. The molecular weight excluding hydrogens is 582 g/mol. The molecule has 236 valence electrons. The summed E-state index contributed by atoms with van der Waals surface area (Å²) in [6.45, 7) is 13.1. The van der Waals surface area contributed by atoms with E-state index in [1.54, 1.807) is 31.2 Å². The van der Waals surface area contributed by atoms with Crippen molar-refractivity contribution in [2.24, 2.45) is 0 Å². The van der Waals surface area contributed by atoms with Crippen molar-refractivity contribution in [1.29, 1.82) is 0 Å². The van der Waals surface area contributed by atoms with E-state index in [-0.39, 0.29) is 0 Å². The monoisotopic (exact) mass is 621 g/mol. The summed E-state index contributed by atoms with van der Waals surface area (Å²) in [6, 6.07) is 38.6. The number of ether oxygens (including phenoxy) is 2. The Morgan fingerprint density at radius 1 is 0.681 bits per heavy atom. The topological polar surface area (TPSA) is 55.8 Å². The number of carbonyl (C=O) groups is 2. The fourth-order valence-electron chi connectivity index (χ4n) is 5.27. The van der Waals surface area contributed by atoms with Crippen LogP contribution in [0, 0.1) is 6.92 Å². The van der Waals surface area contributed by atoms with Crippen LogP contribution >= 0.6 is 0 Å². The molecule has 0 amide bonds. The van der Waals surface area contributed by atoms with Crippen LogP contribution in [0.3, 0.4) is 0 Å². The molecule has 0 spiro atoms. The predicted octanol–water partition coefficient (Wildman–Crippen LogP) is 10.7. The van der Waals surface area contributed by atoms with Crippen molar-refractivity contribution < 1.29 is 19.1 Å². The van der Waals surface area contributed by atoms with Crippen molar-refractivity contribution in [3.05, 3.63) is 151 Å². The smallest absolute Gasteiger partial charge is 0.338 e. The van der Waals surface area contributed by atoms with Gasteiger partial charge in [-0.15, -0.1) is 0 Å².